The Bertz CT molecular complexity index is 1010. The van der Waals surface area contributed by atoms with Gasteiger partial charge in [-0.25, -0.2) is 9.97 Å². The van der Waals surface area contributed by atoms with Crippen LogP contribution in [-0.2, 0) is 6.54 Å². The van der Waals surface area contributed by atoms with Gasteiger partial charge in [-0.15, -0.1) is 0 Å². The Morgan fingerprint density at radius 2 is 1.65 bits per heavy atom. The molecule has 5 heteroatoms. The summed E-state index contributed by atoms with van der Waals surface area (Å²) in [7, 11) is 0. The van der Waals surface area contributed by atoms with Crippen molar-refractivity contribution in [3.05, 3.63) is 59.7 Å². The minimum absolute atomic E-state index is 0.245. The lowest BCUT2D eigenvalue weighted by Gasteiger charge is -2.39. The van der Waals surface area contributed by atoms with Gasteiger partial charge in [0.25, 0.3) is 5.91 Å². The summed E-state index contributed by atoms with van der Waals surface area (Å²) >= 11 is 0. The molecule has 0 spiro atoms. The van der Waals surface area contributed by atoms with Crippen molar-refractivity contribution in [3.63, 3.8) is 0 Å². The van der Waals surface area contributed by atoms with Crippen LogP contribution in [0.15, 0.2) is 43.0 Å². The number of imidazole rings is 1. The molecule has 2 saturated carbocycles. The summed E-state index contributed by atoms with van der Waals surface area (Å²) in [6, 6.07) is 9.13. The second-order valence-corrected chi connectivity index (χ2v) is 9.35. The number of benzene rings is 1. The van der Waals surface area contributed by atoms with E-state index in [1.54, 1.807) is 6.33 Å². The standard InChI is InChI=1S/C26H32N4O/c1-19-15-20(11-12-21(19)16-29-14-13-24-25(17-29)28-18-27-24)26(31)30(23-9-5-6-10-23)22-7-3-2-4-8-22/h11-15,17-18,22-23H,2-10,16H2,1H3. The quantitative estimate of drug-likeness (QED) is 0.555. The molecule has 4 aliphatic rings. The summed E-state index contributed by atoms with van der Waals surface area (Å²) in [5, 5.41) is 0. The van der Waals surface area contributed by atoms with Crippen molar-refractivity contribution in [1.82, 2.24) is 19.4 Å². The number of nitrogens with zero attached hydrogens (tertiary/aromatic N) is 4. The zero-order valence-corrected chi connectivity index (χ0v) is 18.5. The molecule has 2 fully saturated rings. The smallest absolute Gasteiger partial charge is 0.254 e. The van der Waals surface area contributed by atoms with Crippen LogP contribution in [0.3, 0.4) is 0 Å². The van der Waals surface area contributed by atoms with Crippen LogP contribution in [0.4, 0.5) is 0 Å². The van der Waals surface area contributed by atoms with Crippen molar-refractivity contribution in [3.8, 4) is 11.4 Å². The number of aromatic nitrogens is 3. The number of amides is 1. The predicted molar refractivity (Wildman–Crippen MR) is 122 cm³/mol. The van der Waals surface area contributed by atoms with Crippen molar-refractivity contribution in [2.75, 3.05) is 0 Å². The summed E-state index contributed by atoms with van der Waals surface area (Å²) in [6.07, 6.45) is 16.7. The largest absolute Gasteiger partial charge is 0.348 e. The average molecular weight is 417 g/mol. The van der Waals surface area contributed by atoms with Crippen LogP contribution in [0, 0.1) is 6.92 Å². The molecule has 1 aromatic rings. The lowest BCUT2D eigenvalue weighted by Crippen LogP contribution is -2.47. The third kappa shape index (κ3) is 4.23. The Hall–Kier alpha value is -2.69. The van der Waals surface area contributed by atoms with Crippen LogP contribution in [0.25, 0.3) is 11.4 Å². The van der Waals surface area contributed by atoms with Gasteiger partial charge in [0.15, 0.2) is 0 Å². The SMILES string of the molecule is Cc1cc(C(=O)N(C2CCCCC2)C2CCCC2)ccc1Cn1ccc2ncnc-2c1. The number of pyridine rings is 1. The van der Waals surface area contributed by atoms with Crippen LogP contribution in [0.5, 0.6) is 0 Å². The number of fused-ring (bicyclic) bond motifs is 1. The van der Waals surface area contributed by atoms with Crippen molar-refractivity contribution < 1.29 is 4.79 Å². The maximum Gasteiger partial charge on any atom is 0.254 e. The summed E-state index contributed by atoms with van der Waals surface area (Å²) in [5.74, 6) is 0.245. The Morgan fingerprint density at radius 3 is 2.35 bits per heavy atom. The molecule has 0 aromatic heterocycles. The van der Waals surface area contributed by atoms with Gasteiger partial charge >= 0.3 is 0 Å². The van der Waals surface area contributed by atoms with Crippen molar-refractivity contribution in [2.45, 2.75) is 83.3 Å². The maximum absolute atomic E-state index is 13.7. The highest BCUT2D eigenvalue weighted by Crippen LogP contribution is 2.32. The number of hydrogen-bond donors (Lipinski definition) is 0. The Balaban J connectivity index is 1.37. The summed E-state index contributed by atoms with van der Waals surface area (Å²) in [6.45, 7) is 2.88. The highest BCUT2D eigenvalue weighted by atomic mass is 16.2. The van der Waals surface area contributed by atoms with Gasteiger partial charge in [-0.1, -0.05) is 38.2 Å². The van der Waals surface area contributed by atoms with E-state index in [1.165, 1.54) is 68.9 Å². The third-order valence-electron chi connectivity index (χ3n) is 7.23. The van der Waals surface area contributed by atoms with Gasteiger partial charge in [0.05, 0.1) is 5.69 Å². The van der Waals surface area contributed by atoms with Crippen LogP contribution < -0.4 is 0 Å². The molecule has 0 saturated heterocycles. The molecule has 162 valence electrons. The molecule has 0 radical (unpaired) electrons. The molecular formula is C26H32N4O. The topological polar surface area (TPSA) is 51.0 Å². The fourth-order valence-corrected chi connectivity index (χ4v) is 5.50. The zero-order chi connectivity index (χ0) is 21.2. The average Bonchev–Trinajstić information content (AvgIpc) is 3.48. The molecule has 0 unspecified atom stereocenters. The molecule has 0 N–H and O–H groups in total. The summed E-state index contributed by atoms with van der Waals surface area (Å²) in [4.78, 5) is 24.5. The molecule has 5 rings (SSSR count). The van der Waals surface area contributed by atoms with Gasteiger partial charge in [0.2, 0.25) is 0 Å². The van der Waals surface area contributed by atoms with Crippen LogP contribution in [0.1, 0.15) is 79.3 Å². The normalized spacial score (nSPS) is 18.0. The second kappa shape index (κ2) is 8.81. The number of carbonyl (C=O) groups excluding carboxylic acids is 1. The molecule has 0 bridgehead atoms. The minimum atomic E-state index is 0.245. The fourth-order valence-electron chi connectivity index (χ4n) is 5.50. The maximum atomic E-state index is 13.7. The summed E-state index contributed by atoms with van der Waals surface area (Å²) < 4.78 is 2.13. The fraction of sp³-hybridized carbons (Fsp3) is 0.500. The molecule has 1 amide bonds. The van der Waals surface area contributed by atoms with E-state index in [-0.39, 0.29) is 5.91 Å². The van der Waals surface area contributed by atoms with E-state index in [0.29, 0.717) is 12.1 Å². The van der Waals surface area contributed by atoms with Gasteiger partial charge in [-0.3, -0.25) is 4.79 Å². The van der Waals surface area contributed by atoms with E-state index in [0.717, 1.165) is 23.5 Å². The molecule has 5 nitrogen and oxygen atoms in total. The molecular weight excluding hydrogens is 384 g/mol. The third-order valence-corrected chi connectivity index (χ3v) is 7.23. The van der Waals surface area contributed by atoms with Crippen LogP contribution >= 0.6 is 0 Å². The Kier molecular flexibility index (Phi) is 5.75. The lowest BCUT2D eigenvalue weighted by molar-refractivity contribution is 0.0518. The molecule has 1 aromatic carbocycles. The van der Waals surface area contributed by atoms with Crippen molar-refractivity contribution >= 4 is 5.91 Å². The second-order valence-electron chi connectivity index (χ2n) is 9.35. The van der Waals surface area contributed by atoms with Gasteiger partial charge in [-0.05, 0) is 61.9 Å². The zero-order valence-electron chi connectivity index (χ0n) is 18.5. The molecule has 0 atom stereocenters. The van der Waals surface area contributed by atoms with E-state index in [4.69, 9.17) is 0 Å². The first kappa shape index (κ1) is 20.2. The highest BCUT2D eigenvalue weighted by molar-refractivity contribution is 5.95. The van der Waals surface area contributed by atoms with Crippen LogP contribution in [-0.4, -0.2) is 37.4 Å². The lowest BCUT2D eigenvalue weighted by atomic mass is 9.92. The van der Waals surface area contributed by atoms with Gasteiger partial charge in [0.1, 0.15) is 12.0 Å². The first-order valence-electron chi connectivity index (χ1n) is 11.9. The van der Waals surface area contributed by atoms with E-state index >= 15 is 0 Å². The van der Waals surface area contributed by atoms with Crippen molar-refractivity contribution in [1.29, 1.82) is 0 Å². The molecule has 2 aliphatic heterocycles. The number of carbonyl (C=O) groups is 1. The Morgan fingerprint density at radius 1 is 0.968 bits per heavy atom. The van der Waals surface area contributed by atoms with E-state index in [2.05, 4.69) is 38.5 Å². The van der Waals surface area contributed by atoms with E-state index in [9.17, 15) is 4.79 Å². The number of rotatable bonds is 5. The first-order chi connectivity index (χ1) is 15.2. The first-order valence-corrected chi connectivity index (χ1v) is 11.9. The summed E-state index contributed by atoms with van der Waals surface area (Å²) in [5.41, 5.74) is 5.07. The van der Waals surface area contributed by atoms with Gasteiger partial charge < -0.3 is 9.47 Å². The Labute approximate surface area is 184 Å². The molecule has 2 heterocycles. The van der Waals surface area contributed by atoms with Gasteiger partial charge in [-0.2, -0.15) is 0 Å². The number of hydrogen-bond acceptors (Lipinski definition) is 3. The highest BCUT2D eigenvalue weighted by Gasteiger charge is 2.33. The van der Waals surface area contributed by atoms with Gasteiger partial charge in [0, 0.05) is 36.6 Å². The molecule has 31 heavy (non-hydrogen) atoms. The number of aryl methyl sites for hydroxylation is 1. The van der Waals surface area contributed by atoms with E-state index in [1.807, 2.05) is 24.5 Å². The predicted octanol–water partition coefficient (Wildman–Crippen LogP) is 5.46. The minimum Gasteiger partial charge on any atom is -0.348 e. The van der Waals surface area contributed by atoms with Crippen LogP contribution in [0.2, 0.25) is 0 Å². The monoisotopic (exact) mass is 416 g/mol. The molecule has 2 aliphatic carbocycles. The van der Waals surface area contributed by atoms with Crippen molar-refractivity contribution in [2.24, 2.45) is 0 Å². The van der Waals surface area contributed by atoms with E-state index < -0.39 is 0 Å².